The summed E-state index contributed by atoms with van der Waals surface area (Å²) in [6, 6.07) is 0. The summed E-state index contributed by atoms with van der Waals surface area (Å²) in [7, 11) is 0. The van der Waals surface area contributed by atoms with Crippen LogP contribution in [0.15, 0.2) is 18.0 Å². The maximum atomic E-state index is 11.0. The van der Waals surface area contributed by atoms with E-state index in [1.807, 2.05) is 0 Å². The molecular formula is C8H8N2O4S. The van der Waals surface area contributed by atoms with E-state index >= 15 is 0 Å². The summed E-state index contributed by atoms with van der Waals surface area (Å²) in [5, 5.41) is 12.4. The number of nitrogens with zero attached hydrogens (tertiary/aromatic N) is 1. The summed E-state index contributed by atoms with van der Waals surface area (Å²) in [4.78, 5) is 21.7. The minimum absolute atomic E-state index is 0.0613. The van der Waals surface area contributed by atoms with Crippen LogP contribution in [-0.2, 0) is 4.74 Å². The molecule has 1 heterocycles. The lowest BCUT2D eigenvalue weighted by molar-refractivity contribution is 0.0693. The van der Waals surface area contributed by atoms with Gasteiger partial charge in [-0.25, -0.2) is 9.59 Å². The maximum Gasteiger partial charge on any atom is 0.412 e. The molecule has 15 heavy (non-hydrogen) atoms. The molecule has 1 amide bonds. The minimum atomic E-state index is -1.20. The average Bonchev–Trinajstić information content (AvgIpc) is 2.62. The number of nitrogens with one attached hydrogen (secondary N) is 1. The number of hydrogen-bond donors (Lipinski definition) is 2. The second-order valence-electron chi connectivity index (χ2n) is 2.39. The van der Waals surface area contributed by atoms with Gasteiger partial charge in [-0.2, -0.15) is 4.37 Å². The van der Waals surface area contributed by atoms with Crippen molar-refractivity contribution in [2.75, 3.05) is 11.9 Å². The molecule has 0 aromatic carbocycles. The third-order valence-corrected chi connectivity index (χ3v) is 1.97. The van der Waals surface area contributed by atoms with Crippen LogP contribution in [0.2, 0.25) is 0 Å². The molecule has 0 saturated heterocycles. The van der Waals surface area contributed by atoms with Crippen LogP contribution in [0.25, 0.3) is 0 Å². The van der Waals surface area contributed by atoms with Gasteiger partial charge in [0.25, 0.3) is 0 Å². The lowest BCUT2D eigenvalue weighted by Crippen LogP contribution is -2.15. The monoisotopic (exact) mass is 228 g/mol. The van der Waals surface area contributed by atoms with Crippen molar-refractivity contribution in [1.82, 2.24) is 4.37 Å². The fourth-order valence-electron chi connectivity index (χ4n) is 0.760. The standard InChI is InChI=1S/C8H8N2O4S/c1-2-3-14-8(13)9-5-4-15-10-6(5)7(11)12/h2,4H,1,3H2,(H,9,13)(H,11,12). The van der Waals surface area contributed by atoms with Gasteiger partial charge in [0.15, 0.2) is 5.69 Å². The highest BCUT2D eigenvalue weighted by Gasteiger charge is 2.15. The summed E-state index contributed by atoms with van der Waals surface area (Å²) < 4.78 is 8.22. The van der Waals surface area contributed by atoms with Gasteiger partial charge in [0, 0.05) is 5.38 Å². The van der Waals surface area contributed by atoms with Crippen LogP contribution in [0, 0.1) is 0 Å². The highest BCUT2D eigenvalue weighted by Crippen LogP contribution is 2.16. The number of rotatable bonds is 4. The minimum Gasteiger partial charge on any atom is -0.476 e. The average molecular weight is 228 g/mol. The van der Waals surface area contributed by atoms with E-state index in [0.717, 1.165) is 11.5 Å². The third kappa shape index (κ3) is 3.06. The van der Waals surface area contributed by atoms with E-state index < -0.39 is 12.1 Å². The number of aromatic carboxylic acids is 1. The Balaban J connectivity index is 2.64. The predicted octanol–water partition coefficient (Wildman–Crippen LogP) is 1.58. The van der Waals surface area contributed by atoms with E-state index in [4.69, 9.17) is 5.11 Å². The molecule has 6 nitrogen and oxygen atoms in total. The van der Waals surface area contributed by atoms with Crippen molar-refractivity contribution < 1.29 is 19.4 Å². The molecule has 0 aliphatic rings. The number of carboxylic acid groups (broad SMARTS) is 1. The number of ether oxygens (including phenoxy) is 1. The van der Waals surface area contributed by atoms with Crippen LogP contribution in [-0.4, -0.2) is 28.1 Å². The van der Waals surface area contributed by atoms with Crippen LogP contribution in [0.3, 0.4) is 0 Å². The van der Waals surface area contributed by atoms with E-state index in [1.165, 1.54) is 11.5 Å². The first-order chi connectivity index (χ1) is 7.15. The van der Waals surface area contributed by atoms with Gasteiger partial charge >= 0.3 is 12.1 Å². The van der Waals surface area contributed by atoms with E-state index in [2.05, 4.69) is 21.0 Å². The molecule has 1 aromatic rings. The van der Waals surface area contributed by atoms with Crippen LogP contribution < -0.4 is 5.32 Å². The zero-order valence-electron chi connectivity index (χ0n) is 7.60. The van der Waals surface area contributed by atoms with Gasteiger partial charge in [0.1, 0.15) is 6.61 Å². The van der Waals surface area contributed by atoms with E-state index in [9.17, 15) is 9.59 Å². The van der Waals surface area contributed by atoms with E-state index in [0.29, 0.717) is 0 Å². The van der Waals surface area contributed by atoms with Crippen LogP contribution in [0.1, 0.15) is 10.5 Å². The fourth-order valence-corrected chi connectivity index (χ4v) is 1.37. The number of carboxylic acids is 1. The summed E-state index contributed by atoms with van der Waals surface area (Å²) in [5.74, 6) is -1.20. The first-order valence-electron chi connectivity index (χ1n) is 3.87. The maximum absolute atomic E-state index is 11.0. The van der Waals surface area contributed by atoms with Crippen LogP contribution >= 0.6 is 11.5 Å². The molecule has 0 unspecified atom stereocenters. The Kier molecular flexibility index (Phi) is 3.81. The molecule has 7 heteroatoms. The second kappa shape index (κ2) is 5.11. The van der Waals surface area contributed by atoms with Gasteiger partial charge in [-0.3, -0.25) is 5.32 Å². The number of aromatic nitrogens is 1. The van der Waals surface area contributed by atoms with Gasteiger partial charge in [-0.1, -0.05) is 12.7 Å². The molecule has 0 bridgehead atoms. The SMILES string of the molecule is C=CCOC(=O)Nc1csnc1C(=O)O. The molecule has 0 fully saturated rings. The number of amides is 1. The summed E-state index contributed by atoms with van der Waals surface area (Å²) >= 11 is 0.939. The largest absolute Gasteiger partial charge is 0.476 e. The van der Waals surface area contributed by atoms with Crippen LogP contribution in [0.4, 0.5) is 10.5 Å². The lowest BCUT2D eigenvalue weighted by atomic mass is 10.4. The van der Waals surface area contributed by atoms with Gasteiger partial charge in [-0.05, 0) is 11.5 Å². The normalized spacial score (nSPS) is 9.33. The molecule has 0 aliphatic heterocycles. The van der Waals surface area contributed by atoms with Crippen molar-refractivity contribution in [3.05, 3.63) is 23.7 Å². The molecule has 80 valence electrons. The Labute approximate surface area is 89.3 Å². The molecular weight excluding hydrogens is 220 g/mol. The number of anilines is 1. The van der Waals surface area contributed by atoms with E-state index in [-0.39, 0.29) is 18.0 Å². The van der Waals surface area contributed by atoms with Gasteiger partial charge in [0.05, 0.1) is 5.69 Å². The third-order valence-electron chi connectivity index (χ3n) is 1.34. The van der Waals surface area contributed by atoms with E-state index in [1.54, 1.807) is 0 Å². The molecule has 0 spiro atoms. The van der Waals surface area contributed by atoms with Crippen molar-refractivity contribution in [3.63, 3.8) is 0 Å². The number of carbonyl (C=O) groups excluding carboxylic acids is 1. The zero-order chi connectivity index (χ0) is 11.3. The predicted molar refractivity (Wildman–Crippen MR) is 54.2 cm³/mol. The van der Waals surface area contributed by atoms with Crippen molar-refractivity contribution in [2.45, 2.75) is 0 Å². The quantitative estimate of drug-likeness (QED) is 0.763. The highest BCUT2D eigenvalue weighted by molar-refractivity contribution is 7.04. The Hall–Kier alpha value is -1.89. The molecule has 0 aliphatic carbocycles. The van der Waals surface area contributed by atoms with Crippen molar-refractivity contribution in [2.24, 2.45) is 0 Å². The Morgan fingerprint density at radius 3 is 3.07 bits per heavy atom. The molecule has 2 N–H and O–H groups in total. The molecule has 0 saturated carbocycles. The highest BCUT2D eigenvalue weighted by atomic mass is 32.1. The van der Waals surface area contributed by atoms with Gasteiger partial charge in [-0.15, -0.1) is 0 Å². The number of hydrogen-bond acceptors (Lipinski definition) is 5. The number of carbonyl (C=O) groups is 2. The zero-order valence-corrected chi connectivity index (χ0v) is 8.41. The Morgan fingerprint density at radius 1 is 1.73 bits per heavy atom. The van der Waals surface area contributed by atoms with Crippen molar-refractivity contribution >= 4 is 29.3 Å². The second-order valence-corrected chi connectivity index (χ2v) is 3.02. The molecule has 0 radical (unpaired) electrons. The summed E-state index contributed by atoms with van der Waals surface area (Å²) in [6.07, 6.45) is 0.668. The van der Waals surface area contributed by atoms with Crippen molar-refractivity contribution in [1.29, 1.82) is 0 Å². The topological polar surface area (TPSA) is 88.5 Å². The first kappa shape index (κ1) is 11.2. The van der Waals surface area contributed by atoms with Crippen LogP contribution in [0.5, 0.6) is 0 Å². The Bertz CT molecular complexity index is 388. The molecule has 1 aromatic heterocycles. The first-order valence-corrected chi connectivity index (χ1v) is 4.71. The fraction of sp³-hybridized carbons (Fsp3) is 0.125. The molecule has 0 atom stereocenters. The summed E-state index contributed by atoms with van der Waals surface area (Å²) in [5.41, 5.74) is -0.0721. The Morgan fingerprint density at radius 2 is 2.47 bits per heavy atom. The summed E-state index contributed by atoms with van der Waals surface area (Å²) in [6.45, 7) is 3.43. The van der Waals surface area contributed by atoms with Gasteiger partial charge < -0.3 is 9.84 Å². The van der Waals surface area contributed by atoms with Crippen molar-refractivity contribution in [3.8, 4) is 0 Å². The lowest BCUT2D eigenvalue weighted by Gasteiger charge is -2.02. The van der Waals surface area contributed by atoms with Gasteiger partial charge in [0.2, 0.25) is 0 Å². The molecule has 1 rings (SSSR count). The smallest absolute Gasteiger partial charge is 0.412 e.